The molecule has 0 aromatic rings. The van der Waals surface area contributed by atoms with Gasteiger partial charge in [-0.2, -0.15) is 12.6 Å². The van der Waals surface area contributed by atoms with E-state index >= 15 is 0 Å². The first-order chi connectivity index (χ1) is 5.96. The second-order valence-electron chi connectivity index (χ2n) is 3.45. The second kappa shape index (κ2) is 3.72. The Kier molecular flexibility index (Phi) is 3.03. The minimum Gasteiger partial charge on any atom is -0.478 e. The van der Waals surface area contributed by atoms with Crippen molar-refractivity contribution in [3.05, 3.63) is 12.2 Å². The summed E-state index contributed by atoms with van der Waals surface area (Å²) in [7, 11) is 0. The van der Waals surface area contributed by atoms with Crippen molar-refractivity contribution in [3.8, 4) is 0 Å². The van der Waals surface area contributed by atoms with Crippen molar-refractivity contribution in [2.24, 2.45) is 0 Å². The van der Waals surface area contributed by atoms with Crippen molar-refractivity contribution in [2.75, 3.05) is 6.61 Å². The Morgan fingerprint density at radius 2 is 2.46 bits per heavy atom. The molecule has 0 spiro atoms. The van der Waals surface area contributed by atoms with Crippen LogP contribution < -0.4 is 0 Å². The number of carboxylic acid groups (broad SMARTS) is 1. The molecule has 13 heavy (non-hydrogen) atoms. The molecule has 0 aromatic heterocycles. The molecule has 1 heterocycles. The number of hydrogen-bond acceptors (Lipinski definition) is 3. The molecule has 1 fully saturated rings. The maximum Gasteiger partial charge on any atom is 0.331 e. The van der Waals surface area contributed by atoms with Crippen LogP contribution >= 0.6 is 12.6 Å². The van der Waals surface area contributed by atoms with E-state index < -0.39 is 5.97 Å². The normalized spacial score (nSPS) is 33.2. The highest BCUT2D eigenvalue weighted by Gasteiger charge is 2.39. The lowest BCUT2D eigenvalue weighted by Crippen LogP contribution is -2.31. The lowest BCUT2D eigenvalue weighted by atomic mass is 9.93. The summed E-state index contributed by atoms with van der Waals surface area (Å²) >= 11 is 4.46. The van der Waals surface area contributed by atoms with Crippen LogP contribution in [0.1, 0.15) is 19.8 Å². The zero-order valence-electron chi connectivity index (χ0n) is 7.62. The van der Waals surface area contributed by atoms with E-state index in [0.717, 1.165) is 6.42 Å². The van der Waals surface area contributed by atoms with Gasteiger partial charge in [0.2, 0.25) is 0 Å². The van der Waals surface area contributed by atoms with Gasteiger partial charge >= 0.3 is 5.97 Å². The first-order valence-corrected chi connectivity index (χ1v) is 4.65. The van der Waals surface area contributed by atoms with E-state index in [2.05, 4.69) is 19.2 Å². The molecule has 4 heteroatoms. The smallest absolute Gasteiger partial charge is 0.331 e. The summed E-state index contributed by atoms with van der Waals surface area (Å²) in [6.07, 6.45) is 1.16. The zero-order valence-corrected chi connectivity index (χ0v) is 8.51. The Morgan fingerprint density at radius 3 is 2.85 bits per heavy atom. The maximum atomic E-state index is 10.6. The molecule has 0 bridgehead atoms. The minimum atomic E-state index is -0.951. The Labute approximate surface area is 83.2 Å². The zero-order chi connectivity index (χ0) is 10.1. The third-order valence-corrected chi connectivity index (χ3v) is 3.23. The maximum absolute atomic E-state index is 10.6. The van der Waals surface area contributed by atoms with Crippen LogP contribution in [0.5, 0.6) is 0 Å². The molecule has 0 saturated carbocycles. The fourth-order valence-corrected chi connectivity index (χ4v) is 1.80. The van der Waals surface area contributed by atoms with Gasteiger partial charge in [0, 0.05) is 16.9 Å². The molecule has 1 unspecified atom stereocenters. The quantitative estimate of drug-likeness (QED) is 0.538. The number of carboxylic acids is 1. The van der Waals surface area contributed by atoms with E-state index in [1.54, 1.807) is 0 Å². The van der Waals surface area contributed by atoms with Crippen molar-refractivity contribution < 1.29 is 14.6 Å². The van der Waals surface area contributed by atoms with Crippen molar-refractivity contribution in [3.63, 3.8) is 0 Å². The molecule has 1 rings (SSSR count). The highest BCUT2D eigenvalue weighted by atomic mass is 32.1. The number of rotatable bonds is 3. The minimum absolute atomic E-state index is 0.00747. The Morgan fingerprint density at radius 1 is 1.85 bits per heavy atom. The summed E-state index contributed by atoms with van der Waals surface area (Å²) < 4.78 is 4.99. The first-order valence-electron chi connectivity index (χ1n) is 4.21. The van der Waals surface area contributed by atoms with Crippen molar-refractivity contribution in [2.45, 2.75) is 30.6 Å². The Bertz CT molecular complexity index is 239. The van der Waals surface area contributed by atoms with Gasteiger partial charge in [-0.3, -0.25) is 0 Å². The van der Waals surface area contributed by atoms with E-state index in [1.165, 1.54) is 0 Å². The average Bonchev–Trinajstić information content (AvgIpc) is 2.32. The van der Waals surface area contributed by atoms with Crippen LogP contribution in [-0.4, -0.2) is 28.5 Å². The van der Waals surface area contributed by atoms with Crippen molar-refractivity contribution in [1.29, 1.82) is 0 Å². The molecule has 1 aliphatic heterocycles. The molecular weight excluding hydrogens is 188 g/mol. The second-order valence-corrected chi connectivity index (χ2v) is 4.34. The summed E-state index contributed by atoms with van der Waals surface area (Å²) in [5.41, 5.74) is 0.201. The van der Waals surface area contributed by atoms with Gasteiger partial charge < -0.3 is 9.84 Å². The number of ether oxygens (including phenoxy) is 1. The molecule has 0 aromatic carbocycles. The van der Waals surface area contributed by atoms with Gasteiger partial charge in [-0.15, -0.1) is 0 Å². The van der Waals surface area contributed by atoms with Crippen LogP contribution in [0.3, 0.4) is 0 Å². The van der Waals surface area contributed by atoms with Crippen LogP contribution in [0.2, 0.25) is 0 Å². The lowest BCUT2D eigenvalue weighted by molar-refractivity contribution is -0.132. The fourth-order valence-electron chi connectivity index (χ4n) is 1.45. The molecular formula is C9H14O3S. The van der Waals surface area contributed by atoms with Crippen LogP contribution in [0.4, 0.5) is 0 Å². The molecule has 1 saturated heterocycles. The molecule has 74 valence electrons. The Hall–Kier alpha value is -0.480. The molecule has 0 amide bonds. The third-order valence-electron chi connectivity index (χ3n) is 2.48. The monoisotopic (exact) mass is 202 g/mol. The largest absolute Gasteiger partial charge is 0.478 e. The molecule has 0 radical (unpaired) electrons. The summed E-state index contributed by atoms with van der Waals surface area (Å²) in [5.74, 6) is -0.951. The number of hydrogen-bond donors (Lipinski definition) is 2. The molecule has 0 aliphatic carbocycles. The van der Waals surface area contributed by atoms with Gasteiger partial charge in [-0.1, -0.05) is 6.58 Å². The highest BCUT2D eigenvalue weighted by molar-refractivity contribution is 7.81. The lowest BCUT2D eigenvalue weighted by Gasteiger charge is -2.26. The SMILES string of the molecule is C=C(C[C@@]1(S)CCOC1C)C(=O)O. The van der Waals surface area contributed by atoms with Crippen LogP contribution in [0.15, 0.2) is 12.2 Å². The molecule has 1 aliphatic rings. The highest BCUT2D eigenvalue weighted by Crippen LogP contribution is 2.37. The predicted molar refractivity (Wildman–Crippen MR) is 53.1 cm³/mol. The Balaban J connectivity index is 2.61. The van der Waals surface area contributed by atoms with Crippen molar-refractivity contribution in [1.82, 2.24) is 0 Å². The molecule has 1 N–H and O–H groups in total. The van der Waals surface area contributed by atoms with Gasteiger partial charge in [0.15, 0.2) is 0 Å². The summed E-state index contributed by atoms with van der Waals surface area (Å²) in [6.45, 7) is 6.06. The van der Waals surface area contributed by atoms with Crippen LogP contribution in [0.25, 0.3) is 0 Å². The summed E-state index contributed by atoms with van der Waals surface area (Å²) in [6, 6.07) is 0. The van der Waals surface area contributed by atoms with E-state index in [4.69, 9.17) is 9.84 Å². The molecule has 2 atom stereocenters. The van der Waals surface area contributed by atoms with E-state index in [1.807, 2.05) is 6.92 Å². The first kappa shape index (κ1) is 10.6. The van der Waals surface area contributed by atoms with E-state index in [0.29, 0.717) is 13.0 Å². The van der Waals surface area contributed by atoms with Crippen LogP contribution in [-0.2, 0) is 9.53 Å². The number of thiol groups is 1. The summed E-state index contributed by atoms with van der Waals surface area (Å²) in [5, 5.41) is 8.67. The standard InChI is InChI=1S/C9H14O3S/c1-6(8(10)11)5-9(13)3-4-12-7(9)2/h7,13H,1,3-5H2,2H3,(H,10,11)/t7?,9-/m0/s1. The van der Waals surface area contributed by atoms with Crippen molar-refractivity contribution >= 4 is 18.6 Å². The molecule has 3 nitrogen and oxygen atoms in total. The number of aliphatic carboxylic acids is 1. The van der Waals surface area contributed by atoms with E-state index in [9.17, 15) is 4.79 Å². The average molecular weight is 202 g/mol. The van der Waals surface area contributed by atoms with Gasteiger partial charge in [-0.25, -0.2) is 4.79 Å². The van der Waals surface area contributed by atoms with Gasteiger partial charge in [-0.05, 0) is 19.8 Å². The number of carbonyl (C=O) groups is 1. The fraction of sp³-hybridized carbons (Fsp3) is 0.667. The van der Waals surface area contributed by atoms with Crippen LogP contribution in [0, 0.1) is 0 Å². The topological polar surface area (TPSA) is 46.5 Å². The van der Waals surface area contributed by atoms with Gasteiger partial charge in [0.1, 0.15) is 0 Å². The predicted octanol–water partition coefficient (Wildman–Crippen LogP) is 1.49. The van der Waals surface area contributed by atoms with E-state index in [-0.39, 0.29) is 16.4 Å². The summed E-state index contributed by atoms with van der Waals surface area (Å²) in [4.78, 5) is 10.6. The third kappa shape index (κ3) is 2.25. The van der Waals surface area contributed by atoms with Gasteiger partial charge in [0.25, 0.3) is 0 Å². The van der Waals surface area contributed by atoms with Gasteiger partial charge in [0.05, 0.1) is 6.10 Å².